The molecule has 2 rings (SSSR count). The fourth-order valence-electron chi connectivity index (χ4n) is 2.72. The molecule has 0 spiro atoms. The first kappa shape index (κ1) is 14.8. The van der Waals surface area contributed by atoms with Gasteiger partial charge >= 0.3 is 0 Å². The van der Waals surface area contributed by atoms with Crippen LogP contribution in [0, 0.1) is 13.8 Å². The second-order valence-corrected chi connectivity index (χ2v) is 5.22. The van der Waals surface area contributed by atoms with Crippen molar-refractivity contribution in [1.29, 1.82) is 0 Å². The number of nitrogens with one attached hydrogen (secondary N) is 1. The van der Waals surface area contributed by atoms with Gasteiger partial charge in [-0.05, 0) is 43.5 Å². The van der Waals surface area contributed by atoms with E-state index in [0.717, 1.165) is 25.2 Å². The lowest BCUT2D eigenvalue weighted by atomic mass is 10.1. The second kappa shape index (κ2) is 6.73. The van der Waals surface area contributed by atoms with Gasteiger partial charge in [-0.15, -0.1) is 0 Å². The smallest absolute Gasteiger partial charge is 0.0681 e. The predicted molar refractivity (Wildman–Crippen MR) is 82.5 cm³/mol. The Hall–Kier alpha value is -1.58. The maximum Gasteiger partial charge on any atom is 0.0681 e. The molecule has 108 valence electrons. The van der Waals surface area contributed by atoms with E-state index in [1.807, 2.05) is 18.2 Å². The van der Waals surface area contributed by atoms with Crippen molar-refractivity contribution in [3.8, 4) is 0 Å². The van der Waals surface area contributed by atoms with Gasteiger partial charge in [-0.25, -0.2) is 0 Å². The Morgan fingerprint density at radius 2 is 1.85 bits per heavy atom. The Morgan fingerprint density at radius 1 is 1.10 bits per heavy atom. The van der Waals surface area contributed by atoms with Crippen LogP contribution in [0.25, 0.3) is 0 Å². The van der Waals surface area contributed by atoms with Crippen molar-refractivity contribution >= 4 is 0 Å². The Morgan fingerprint density at radius 3 is 2.50 bits per heavy atom. The van der Waals surface area contributed by atoms with E-state index in [0.29, 0.717) is 0 Å². The summed E-state index contributed by atoms with van der Waals surface area (Å²) in [4.78, 5) is 0. The minimum Gasteiger partial charge on any atom is -0.392 e. The number of aryl methyl sites for hydroxylation is 1. The van der Waals surface area contributed by atoms with Gasteiger partial charge in [0.1, 0.15) is 0 Å². The second-order valence-electron chi connectivity index (χ2n) is 5.22. The summed E-state index contributed by atoms with van der Waals surface area (Å²) in [5.74, 6) is 0. The van der Waals surface area contributed by atoms with E-state index < -0.39 is 0 Å². The maximum absolute atomic E-state index is 9.14. The predicted octanol–water partition coefficient (Wildman–Crippen LogP) is 2.91. The Labute approximate surface area is 121 Å². The molecule has 0 fully saturated rings. The van der Waals surface area contributed by atoms with Gasteiger partial charge in [0.25, 0.3) is 0 Å². The number of aliphatic hydroxyl groups is 1. The van der Waals surface area contributed by atoms with Crippen LogP contribution in [0.15, 0.2) is 30.3 Å². The number of rotatable bonds is 6. The molecule has 0 unspecified atom stereocenters. The van der Waals surface area contributed by atoms with Crippen LogP contribution >= 0.6 is 0 Å². The number of nitrogens with zero attached hydrogens (tertiary/aromatic N) is 1. The minimum absolute atomic E-state index is 0.103. The molecule has 0 aliphatic rings. The third kappa shape index (κ3) is 3.30. The molecule has 1 aromatic heterocycles. The molecule has 2 aromatic rings. The van der Waals surface area contributed by atoms with Crippen molar-refractivity contribution in [2.24, 2.45) is 0 Å². The maximum atomic E-state index is 9.14. The van der Waals surface area contributed by atoms with E-state index in [9.17, 15) is 0 Å². The molecule has 0 aliphatic heterocycles. The highest BCUT2D eigenvalue weighted by molar-refractivity contribution is 5.27. The van der Waals surface area contributed by atoms with Crippen LogP contribution in [0.3, 0.4) is 0 Å². The molecule has 2 N–H and O–H groups in total. The lowest BCUT2D eigenvalue weighted by Gasteiger charge is -2.08. The monoisotopic (exact) mass is 272 g/mol. The fraction of sp³-hybridized carbons (Fsp3) is 0.412. The molecular formula is C17H24N2O. The molecule has 0 radical (unpaired) electrons. The highest BCUT2D eigenvalue weighted by Gasteiger charge is 2.07. The van der Waals surface area contributed by atoms with Crippen molar-refractivity contribution < 1.29 is 5.11 Å². The van der Waals surface area contributed by atoms with Gasteiger partial charge in [0, 0.05) is 31.0 Å². The van der Waals surface area contributed by atoms with Crippen LogP contribution in [-0.4, -0.2) is 9.67 Å². The molecule has 0 bridgehead atoms. The third-order valence-corrected chi connectivity index (χ3v) is 3.81. The average Bonchev–Trinajstić information content (AvgIpc) is 2.73. The zero-order valence-electron chi connectivity index (χ0n) is 12.6. The summed E-state index contributed by atoms with van der Waals surface area (Å²) < 4.78 is 2.34. The number of aliphatic hydroxyl groups excluding tert-OH is 1. The van der Waals surface area contributed by atoms with Crippen molar-refractivity contribution in [2.45, 2.75) is 47.0 Å². The van der Waals surface area contributed by atoms with Gasteiger partial charge in [0.2, 0.25) is 0 Å². The first-order chi connectivity index (χ1) is 9.65. The van der Waals surface area contributed by atoms with E-state index >= 15 is 0 Å². The van der Waals surface area contributed by atoms with E-state index in [4.69, 9.17) is 5.11 Å². The van der Waals surface area contributed by atoms with E-state index in [2.05, 4.69) is 42.8 Å². The van der Waals surface area contributed by atoms with Crippen LogP contribution in [-0.2, 0) is 26.2 Å². The summed E-state index contributed by atoms with van der Waals surface area (Å²) >= 11 is 0. The van der Waals surface area contributed by atoms with Gasteiger partial charge in [-0.3, -0.25) is 0 Å². The zero-order chi connectivity index (χ0) is 14.5. The summed E-state index contributed by atoms with van der Waals surface area (Å²) in [6.07, 6.45) is 0. The molecule has 0 atom stereocenters. The summed E-state index contributed by atoms with van der Waals surface area (Å²) in [5.41, 5.74) is 6.21. The molecule has 0 amide bonds. The number of aromatic nitrogens is 1. The highest BCUT2D eigenvalue weighted by atomic mass is 16.3. The molecule has 20 heavy (non-hydrogen) atoms. The van der Waals surface area contributed by atoms with E-state index in [1.54, 1.807) is 0 Å². The van der Waals surface area contributed by atoms with Gasteiger partial charge < -0.3 is 15.0 Å². The van der Waals surface area contributed by atoms with Crippen LogP contribution < -0.4 is 5.32 Å². The molecule has 1 heterocycles. The summed E-state index contributed by atoms with van der Waals surface area (Å²) in [5, 5.41) is 12.6. The molecule has 1 aromatic carbocycles. The SMILES string of the molecule is CCn1c(C)cc(CNCc2cccc(CO)c2)c1C. The lowest BCUT2D eigenvalue weighted by molar-refractivity contribution is 0.281. The third-order valence-electron chi connectivity index (χ3n) is 3.81. The molecular weight excluding hydrogens is 248 g/mol. The van der Waals surface area contributed by atoms with Gasteiger partial charge in [0.15, 0.2) is 0 Å². The summed E-state index contributed by atoms with van der Waals surface area (Å²) in [6.45, 7) is 9.34. The fourth-order valence-corrected chi connectivity index (χ4v) is 2.72. The Bertz CT molecular complexity index is 572. The van der Waals surface area contributed by atoms with E-state index in [-0.39, 0.29) is 6.61 Å². The lowest BCUT2D eigenvalue weighted by Crippen LogP contribution is -2.13. The quantitative estimate of drug-likeness (QED) is 0.848. The van der Waals surface area contributed by atoms with Crippen molar-refractivity contribution in [1.82, 2.24) is 9.88 Å². The van der Waals surface area contributed by atoms with Crippen LogP contribution in [0.5, 0.6) is 0 Å². The average molecular weight is 272 g/mol. The Balaban J connectivity index is 1.96. The topological polar surface area (TPSA) is 37.2 Å². The van der Waals surface area contributed by atoms with Crippen LogP contribution in [0.1, 0.15) is 35.0 Å². The van der Waals surface area contributed by atoms with Crippen LogP contribution in [0.2, 0.25) is 0 Å². The van der Waals surface area contributed by atoms with Crippen molar-refractivity contribution in [3.05, 3.63) is 58.4 Å². The summed E-state index contributed by atoms with van der Waals surface area (Å²) in [6, 6.07) is 10.3. The molecule has 3 heteroatoms. The highest BCUT2D eigenvalue weighted by Crippen LogP contribution is 2.15. The first-order valence-electron chi connectivity index (χ1n) is 7.20. The standard InChI is InChI=1S/C17H24N2O/c1-4-19-13(2)8-17(14(19)3)11-18-10-15-6-5-7-16(9-15)12-20/h5-9,18,20H,4,10-12H2,1-3H3. The first-order valence-corrected chi connectivity index (χ1v) is 7.20. The number of hydrogen-bond acceptors (Lipinski definition) is 2. The van der Waals surface area contributed by atoms with Gasteiger partial charge in [-0.2, -0.15) is 0 Å². The number of benzene rings is 1. The van der Waals surface area contributed by atoms with Gasteiger partial charge in [0.05, 0.1) is 6.61 Å². The normalized spacial score (nSPS) is 11.0. The molecule has 3 nitrogen and oxygen atoms in total. The largest absolute Gasteiger partial charge is 0.392 e. The minimum atomic E-state index is 0.103. The van der Waals surface area contributed by atoms with Crippen molar-refractivity contribution in [2.75, 3.05) is 0 Å². The van der Waals surface area contributed by atoms with Crippen LogP contribution in [0.4, 0.5) is 0 Å². The molecule has 0 saturated heterocycles. The Kier molecular flexibility index (Phi) is 4.99. The summed E-state index contributed by atoms with van der Waals surface area (Å²) in [7, 11) is 0. The van der Waals surface area contributed by atoms with E-state index in [1.165, 1.54) is 22.5 Å². The molecule has 0 aliphatic carbocycles. The van der Waals surface area contributed by atoms with Crippen molar-refractivity contribution in [3.63, 3.8) is 0 Å². The number of hydrogen-bond donors (Lipinski definition) is 2. The van der Waals surface area contributed by atoms with Gasteiger partial charge in [-0.1, -0.05) is 24.3 Å². The zero-order valence-corrected chi connectivity index (χ0v) is 12.6. The molecule has 0 saturated carbocycles.